The predicted molar refractivity (Wildman–Crippen MR) is 85.7 cm³/mol. The Morgan fingerprint density at radius 2 is 2.15 bits per heavy atom. The summed E-state index contributed by atoms with van der Waals surface area (Å²) >= 11 is 3.49. The van der Waals surface area contributed by atoms with Gasteiger partial charge >= 0.3 is 0 Å². The number of aryl methyl sites for hydroxylation is 2. The van der Waals surface area contributed by atoms with Crippen molar-refractivity contribution in [2.24, 2.45) is 0 Å². The molecule has 3 rings (SSSR count). The molecule has 0 radical (unpaired) electrons. The van der Waals surface area contributed by atoms with Crippen LogP contribution in [0.15, 0.2) is 5.38 Å². The number of thiazole rings is 2. The molecule has 1 aliphatic carbocycles. The average molecular weight is 308 g/mol. The summed E-state index contributed by atoms with van der Waals surface area (Å²) < 4.78 is 0. The molecule has 1 saturated carbocycles. The normalized spacial score (nSPS) is 14.8. The highest BCUT2D eigenvalue weighted by molar-refractivity contribution is 7.15. The molecule has 0 aliphatic heterocycles. The van der Waals surface area contributed by atoms with Crippen LogP contribution in [-0.4, -0.2) is 23.1 Å². The molecule has 2 heterocycles. The highest BCUT2D eigenvalue weighted by Gasteiger charge is 2.21. The van der Waals surface area contributed by atoms with Gasteiger partial charge in [-0.3, -0.25) is 0 Å². The fraction of sp³-hybridized carbons (Fsp3) is 0.571. The fourth-order valence-corrected chi connectivity index (χ4v) is 3.63. The summed E-state index contributed by atoms with van der Waals surface area (Å²) in [5.74, 6) is 0. The Bertz CT molecular complexity index is 586. The van der Waals surface area contributed by atoms with E-state index in [4.69, 9.17) is 4.98 Å². The second-order valence-corrected chi connectivity index (χ2v) is 7.50. The second-order valence-electron chi connectivity index (χ2n) is 5.37. The molecular weight excluding hydrogens is 288 g/mol. The minimum absolute atomic E-state index is 0.746. The van der Waals surface area contributed by atoms with Gasteiger partial charge in [0, 0.05) is 29.9 Å². The van der Waals surface area contributed by atoms with Crippen LogP contribution in [0.25, 0.3) is 0 Å². The van der Waals surface area contributed by atoms with Crippen molar-refractivity contribution in [2.45, 2.75) is 45.8 Å². The molecule has 0 aromatic carbocycles. The van der Waals surface area contributed by atoms with Crippen LogP contribution in [0, 0.1) is 13.8 Å². The van der Waals surface area contributed by atoms with Crippen LogP contribution in [0.3, 0.4) is 0 Å². The van der Waals surface area contributed by atoms with Crippen molar-refractivity contribution in [3.63, 3.8) is 0 Å². The lowest BCUT2D eigenvalue weighted by Gasteiger charge is -2.13. The van der Waals surface area contributed by atoms with Gasteiger partial charge in [0.1, 0.15) is 0 Å². The quantitative estimate of drug-likeness (QED) is 0.890. The number of hydrogen-bond acceptors (Lipinski definition) is 6. The van der Waals surface area contributed by atoms with Gasteiger partial charge in [0.05, 0.1) is 22.9 Å². The van der Waals surface area contributed by atoms with Gasteiger partial charge in [-0.1, -0.05) is 0 Å². The lowest BCUT2D eigenvalue weighted by molar-refractivity contribution is 0.691. The molecule has 1 aliphatic rings. The Kier molecular flexibility index (Phi) is 4.05. The van der Waals surface area contributed by atoms with Gasteiger partial charge in [-0.2, -0.15) is 0 Å². The zero-order valence-corrected chi connectivity index (χ0v) is 13.8. The Morgan fingerprint density at radius 1 is 1.35 bits per heavy atom. The summed E-state index contributed by atoms with van der Waals surface area (Å²) in [4.78, 5) is 12.7. The van der Waals surface area contributed by atoms with Gasteiger partial charge in [0.2, 0.25) is 0 Å². The smallest absolute Gasteiger partial charge is 0.185 e. The first kappa shape index (κ1) is 14.0. The summed E-state index contributed by atoms with van der Waals surface area (Å²) in [6.45, 7) is 5.93. The maximum Gasteiger partial charge on any atom is 0.185 e. The van der Waals surface area contributed by atoms with Crippen molar-refractivity contribution in [3.05, 3.63) is 26.7 Å². The summed E-state index contributed by atoms with van der Waals surface area (Å²) in [5.41, 5.74) is 2.28. The fourth-order valence-electron chi connectivity index (χ4n) is 2.06. The van der Waals surface area contributed by atoms with E-state index in [1.165, 1.54) is 17.7 Å². The number of hydrogen-bond donors (Lipinski definition) is 1. The van der Waals surface area contributed by atoms with Crippen molar-refractivity contribution >= 4 is 27.8 Å². The van der Waals surface area contributed by atoms with Crippen molar-refractivity contribution < 1.29 is 0 Å². The van der Waals surface area contributed by atoms with E-state index < -0.39 is 0 Å². The Labute approximate surface area is 127 Å². The lowest BCUT2D eigenvalue weighted by atomic mass is 10.4. The van der Waals surface area contributed by atoms with Crippen LogP contribution >= 0.6 is 22.7 Å². The molecule has 1 fully saturated rings. The van der Waals surface area contributed by atoms with Gasteiger partial charge < -0.3 is 10.2 Å². The lowest BCUT2D eigenvalue weighted by Crippen LogP contribution is -2.16. The van der Waals surface area contributed by atoms with Crippen LogP contribution < -0.4 is 10.2 Å². The molecule has 6 heteroatoms. The first-order chi connectivity index (χ1) is 9.61. The summed E-state index contributed by atoms with van der Waals surface area (Å²) in [5, 5.41) is 7.89. The predicted octanol–water partition coefficient (Wildman–Crippen LogP) is 3.10. The molecule has 0 saturated heterocycles. The van der Waals surface area contributed by atoms with Crippen molar-refractivity contribution in [3.8, 4) is 0 Å². The highest BCUT2D eigenvalue weighted by Crippen LogP contribution is 2.28. The van der Waals surface area contributed by atoms with E-state index in [1.54, 1.807) is 22.7 Å². The van der Waals surface area contributed by atoms with E-state index in [-0.39, 0.29) is 0 Å². The van der Waals surface area contributed by atoms with Crippen LogP contribution in [0.1, 0.15) is 34.1 Å². The third kappa shape index (κ3) is 3.37. The summed E-state index contributed by atoms with van der Waals surface area (Å²) in [6, 6.07) is 0.746. The van der Waals surface area contributed by atoms with Gasteiger partial charge in [-0.05, 0) is 26.7 Å². The minimum Gasteiger partial charge on any atom is -0.345 e. The average Bonchev–Trinajstić information content (AvgIpc) is 3.04. The van der Waals surface area contributed by atoms with Crippen LogP contribution in [0.5, 0.6) is 0 Å². The first-order valence-corrected chi connectivity index (χ1v) is 8.63. The first-order valence-electron chi connectivity index (χ1n) is 6.93. The number of anilines is 1. The standard InChI is InChI=1S/C14H20N4S2/c1-9-13(6-15-11-4-5-11)20-14(16-9)18(3)7-12-8-19-10(2)17-12/h8,11,15H,4-7H2,1-3H3. The molecular formula is C14H20N4S2. The minimum atomic E-state index is 0.746. The van der Waals surface area contributed by atoms with Crippen LogP contribution in [0.2, 0.25) is 0 Å². The maximum atomic E-state index is 4.69. The monoisotopic (exact) mass is 308 g/mol. The largest absolute Gasteiger partial charge is 0.345 e. The van der Waals surface area contributed by atoms with Crippen molar-refractivity contribution in [2.75, 3.05) is 11.9 Å². The zero-order chi connectivity index (χ0) is 14.1. The molecule has 0 bridgehead atoms. The number of rotatable bonds is 6. The van der Waals surface area contributed by atoms with E-state index in [0.29, 0.717) is 0 Å². The van der Waals surface area contributed by atoms with E-state index in [9.17, 15) is 0 Å². The molecule has 0 spiro atoms. The topological polar surface area (TPSA) is 41.1 Å². The SMILES string of the molecule is Cc1nc(CN(C)c2nc(C)c(CNC3CC3)s2)cs1. The molecule has 0 atom stereocenters. The molecule has 0 unspecified atom stereocenters. The molecule has 0 amide bonds. The third-order valence-electron chi connectivity index (χ3n) is 3.40. The van der Waals surface area contributed by atoms with E-state index in [2.05, 4.69) is 34.6 Å². The molecule has 1 N–H and O–H groups in total. The Balaban J connectivity index is 1.64. The van der Waals surface area contributed by atoms with Crippen LogP contribution in [-0.2, 0) is 13.1 Å². The third-order valence-corrected chi connectivity index (χ3v) is 5.50. The molecule has 108 valence electrons. The Hall–Kier alpha value is -0.980. The van der Waals surface area contributed by atoms with E-state index in [0.717, 1.165) is 40.7 Å². The van der Waals surface area contributed by atoms with Crippen molar-refractivity contribution in [1.29, 1.82) is 0 Å². The van der Waals surface area contributed by atoms with Gasteiger partial charge in [-0.25, -0.2) is 9.97 Å². The second kappa shape index (κ2) is 5.79. The van der Waals surface area contributed by atoms with Gasteiger partial charge in [-0.15, -0.1) is 22.7 Å². The van der Waals surface area contributed by atoms with Gasteiger partial charge in [0.25, 0.3) is 0 Å². The number of nitrogens with one attached hydrogen (secondary N) is 1. The summed E-state index contributed by atoms with van der Waals surface area (Å²) in [6.07, 6.45) is 2.65. The number of nitrogens with zero attached hydrogens (tertiary/aromatic N) is 3. The van der Waals surface area contributed by atoms with Crippen LogP contribution in [0.4, 0.5) is 5.13 Å². The Morgan fingerprint density at radius 3 is 2.80 bits per heavy atom. The zero-order valence-electron chi connectivity index (χ0n) is 12.1. The molecule has 2 aromatic heterocycles. The molecule has 20 heavy (non-hydrogen) atoms. The molecule has 4 nitrogen and oxygen atoms in total. The number of aromatic nitrogens is 2. The van der Waals surface area contributed by atoms with Crippen molar-refractivity contribution in [1.82, 2.24) is 15.3 Å². The van der Waals surface area contributed by atoms with E-state index >= 15 is 0 Å². The van der Waals surface area contributed by atoms with Gasteiger partial charge in [0.15, 0.2) is 5.13 Å². The summed E-state index contributed by atoms with van der Waals surface area (Å²) in [7, 11) is 2.09. The highest BCUT2D eigenvalue weighted by atomic mass is 32.1. The van der Waals surface area contributed by atoms with E-state index in [1.807, 2.05) is 6.92 Å². The molecule has 2 aromatic rings. The maximum absolute atomic E-state index is 4.69.